The Hall–Kier alpha value is -2.14. The third kappa shape index (κ3) is 2.44. The number of hydrogen-bond acceptors (Lipinski definition) is 4. The molecule has 1 aromatic carbocycles. The first-order valence-corrected chi connectivity index (χ1v) is 6.71. The molecule has 0 radical (unpaired) electrons. The molecular formula is C15H17N3O2. The van der Waals surface area contributed by atoms with Gasteiger partial charge in [-0.15, -0.1) is 0 Å². The van der Waals surface area contributed by atoms with Crippen molar-refractivity contribution in [3.05, 3.63) is 36.0 Å². The van der Waals surface area contributed by atoms with E-state index in [1.54, 1.807) is 6.07 Å². The number of carbonyl (C=O) groups is 1. The van der Waals surface area contributed by atoms with E-state index in [0.29, 0.717) is 11.6 Å². The Bertz CT molecular complexity index is 657. The number of fused-ring (bicyclic) bond motifs is 1. The number of carboxylic acids is 1. The second-order valence-electron chi connectivity index (χ2n) is 5.27. The standard InChI is InChI=1S/C15H17N3O2/c1-18-7-6-10(9-18)16-13-8-14(15(19)20)17-12-5-3-2-4-11(12)13/h2-5,8,10H,6-7,9H2,1H3,(H,16,17)(H,19,20). The molecule has 1 saturated heterocycles. The average Bonchev–Trinajstić information content (AvgIpc) is 2.84. The van der Waals surface area contributed by atoms with E-state index < -0.39 is 5.97 Å². The quantitative estimate of drug-likeness (QED) is 0.894. The minimum atomic E-state index is -0.998. The molecule has 1 aromatic heterocycles. The van der Waals surface area contributed by atoms with E-state index in [9.17, 15) is 9.90 Å². The van der Waals surface area contributed by atoms with Crippen LogP contribution in [0.3, 0.4) is 0 Å². The Labute approximate surface area is 117 Å². The van der Waals surface area contributed by atoms with Gasteiger partial charge < -0.3 is 15.3 Å². The topological polar surface area (TPSA) is 65.5 Å². The predicted octanol–water partition coefficient (Wildman–Crippen LogP) is 2.05. The number of carboxylic acid groups (broad SMARTS) is 1. The van der Waals surface area contributed by atoms with Gasteiger partial charge >= 0.3 is 5.97 Å². The van der Waals surface area contributed by atoms with Crippen LogP contribution in [0, 0.1) is 0 Å². The molecule has 1 unspecified atom stereocenters. The molecule has 1 aliphatic rings. The highest BCUT2D eigenvalue weighted by Crippen LogP contribution is 2.25. The number of nitrogens with zero attached hydrogens (tertiary/aromatic N) is 2. The van der Waals surface area contributed by atoms with Crippen molar-refractivity contribution in [1.82, 2.24) is 9.88 Å². The summed E-state index contributed by atoms with van der Waals surface area (Å²) in [6, 6.07) is 9.60. The highest BCUT2D eigenvalue weighted by atomic mass is 16.4. The van der Waals surface area contributed by atoms with Gasteiger partial charge in [0.05, 0.1) is 5.52 Å². The largest absolute Gasteiger partial charge is 0.477 e. The molecule has 5 heteroatoms. The number of likely N-dealkylation sites (tertiary alicyclic amines) is 1. The molecule has 2 aromatic rings. The van der Waals surface area contributed by atoms with Crippen LogP contribution in [0.15, 0.2) is 30.3 Å². The summed E-state index contributed by atoms with van der Waals surface area (Å²) in [4.78, 5) is 17.6. The number of pyridine rings is 1. The lowest BCUT2D eigenvalue weighted by Crippen LogP contribution is -2.23. The van der Waals surface area contributed by atoms with Crippen LogP contribution in [0.1, 0.15) is 16.9 Å². The number of rotatable bonds is 3. The lowest BCUT2D eigenvalue weighted by Gasteiger charge is -2.16. The van der Waals surface area contributed by atoms with Gasteiger partial charge in [0.15, 0.2) is 5.69 Å². The number of nitrogens with one attached hydrogen (secondary N) is 1. The normalized spacial score (nSPS) is 19.4. The van der Waals surface area contributed by atoms with Crippen LogP contribution >= 0.6 is 0 Å². The second-order valence-corrected chi connectivity index (χ2v) is 5.27. The summed E-state index contributed by atoms with van der Waals surface area (Å²) in [7, 11) is 2.09. The number of anilines is 1. The minimum Gasteiger partial charge on any atom is -0.477 e. The van der Waals surface area contributed by atoms with Gasteiger partial charge in [0, 0.05) is 23.7 Å². The van der Waals surface area contributed by atoms with Gasteiger partial charge in [0.25, 0.3) is 0 Å². The zero-order chi connectivity index (χ0) is 14.1. The number of hydrogen-bond donors (Lipinski definition) is 2. The van der Waals surface area contributed by atoms with Crippen molar-refractivity contribution in [2.24, 2.45) is 0 Å². The molecule has 5 nitrogen and oxygen atoms in total. The first-order chi connectivity index (χ1) is 9.63. The fourth-order valence-corrected chi connectivity index (χ4v) is 2.68. The number of aromatic nitrogens is 1. The van der Waals surface area contributed by atoms with Crippen LogP contribution in [0.4, 0.5) is 5.69 Å². The zero-order valence-electron chi connectivity index (χ0n) is 11.3. The Balaban J connectivity index is 2.01. The molecule has 2 heterocycles. The molecule has 0 saturated carbocycles. The van der Waals surface area contributed by atoms with Crippen molar-refractivity contribution in [3.63, 3.8) is 0 Å². The molecule has 104 valence electrons. The lowest BCUT2D eigenvalue weighted by molar-refractivity contribution is 0.0691. The Morgan fingerprint density at radius 3 is 2.95 bits per heavy atom. The molecule has 0 bridgehead atoms. The van der Waals surface area contributed by atoms with Crippen molar-refractivity contribution in [3.8, 4) is 0 Å². The fraction of sp³-hybridized carbons (Fsp3) is 0.333. The number of benzene rings is 1. The second kappa shape index (κ2) is 5.09. The maximum absolute atomic E-state index is 11.2. The molecule has 0 aliphatic carbocycles. The van der Waals surface area contributed by atoms with Crippen molar-refractivity contribution in [2.75, 3.05) is 25.5 Å². The van der Waals surface area contributed by atoms with Crippen molar-refractivity contribution < 1.29 is 9.90 Å². The predicted molar refractivity (Wildman–Crippen MR) is 78.2 cm³/mol. The molecule has 3 rings (SSSR count). The smallest absolute Gasteiger partial charge is 0.354 e. The molecule has 1 aliphatic heterocycles. The molecule has 0 amide bonds. The van der Waals surface area contributed by atoms with E-state index in [1.807, 2.05) is 24.3 Å². The van der Waals surface area contributed by atoms with E-state index in [2.05, 4.69) is 22.2 Å². The minimum absolute atomic E-state index is 0.0811. The van der Waals surface area contributed by atoms with Crippen LogP contribution in [0.25, 0.3) is 10.9 Å². The van der Waals surface area contributed by atoms with E-state index in [1.165, 1.54) is 0 Å². The van der Waals surface area contributed by atoms with Crippen LogP contribution < -0.4 is 5.32 Å². The Morgan fingerprint density at radius 2 is 2.25 bits per heavy atom. The number of para-hydroxylation sites is 1. The summed E-state index contributed by atoms with van der Waals surface area (Å²) in [5.41, 5.74) is 1.65. The first-order valence-electron chi connectivity index (χ1n) is 6.71. The Kier molecular flexibility index (Phi) is 3.28. The highest BCUT2D eigenvalue weighted by Gasteiger charge is 2.20. The molecule has 2 N–H and O–H groups in total. The van der Waals surface area contributed by atoms with Gasteiger partial charge in [0.1, 0.15) is 0 Å². The number of aromatic carboxylic acids is 1. The van der Waals surface area contributed by atoms with E-state index >= 15 is 0 Å². The summed E-state index contributed by atoms with van der Waals surface area (Å²) in [5, 5.41) is 13.6. The SMILES string of the molecule is CN1CCC(Nc2cc(C(=O)O)nc3ccccc23)C1. The molecule has 0 spiro atoms. The fourth-order valence-electron chi connectivity index (χ4n) is 2.68. The van der Waals surface area contributed by atoms with Crippen molar-refractivity contribution in [1.29, 1.82) is 0 Å². The summed E-state index contributed by atoms with van der Waals surface area (Å²) in [6.45, 7) is 2.03. The maximum Gasteiger partial charge on any atom is 0.354 e. The summed E-state index contributed by atoms with van der Waals surface area (Å²) < 4.78 is 0. The van der Waals surface area contributed by atoms with Crippen LogP contribution in [-0.2, 0) is 0 Å². The molecular weight excluding hydrogens is 254 g/mol. The van der Waals surface area contributed by atoms with E-state index in [-0.39, 0.29) is 5.69 Å². The van der Waals surface area contributed by atoms with Crippen LogP contribution in [0.2, 0.25) is 0 Å². The van der Waals surface area contributed by atoms with Crippen molar-refractivity contribution in [2.45, 2.75) is 12.5 Å². The highest BCUT2D eigenvalue weighted by molar-refractivity contribution is 5.97. The average molecular weight is 271 g/mol. The summed E-state index contributed by atoms with van der Waals surface area (Å²) in [5.74, 6) is -0.998. The first kappa shape index (κ1) is 12.9. The van der Waals surface area contributed by atoms with E-state index in [4.69, 9.17) is 0 Å². The van der Waals surface area contributed by atoms with Gasteiger partial charge in [-0.05, 0) is 32.1 Å². The monoisotopic (exact) mass is 271 g/mol. The van der Waals surface area contributed by atoms with Crippen LogP contribution in [-0.4, -0.2) is 47.1 Å². The lowest BCUT2D eigenvalue weighted by atomic mass is 10.1. The third-order valence-electron chi connectivity index (χ3n) is 3.69. The van der Waals surface area contributed by atoms with Crippen molar-refractivity contribution >= 4 is 22.6 Å². The zero-order valence-corrected chi connectivity index (χ0v) is 11.3. The maximum atomic E-state index is 11.2. The van der Waals surface area contributed by atoms with Gasteiger partial charge in [-0.3, -0.25) is 0 Å². The molecule has 1 atom stereocenters. The molecule has 1 fully saturated rings. The van der Waals surface area contributed by atoms with Gasteiger partial charge in [-0.25, -0.2) is 9.78 Å². The van der Waals surface area contributed by atoms with Gasteiger partial charge in [-0.1, -0.05) is 18.2 Å². The summed E-state index contributed by atoms with van der Waals surface area (Å²) >= 11 is 0. The van der Waals surface area contributed by atoms with E-state index in [0.717, 1.165) is 30.6 Å². The summed E-state index contributed by atoms with van der Waals surface area (Å²) in [6.07, 6.45) is 1.07. The third-order valence-corrected chi connectivity index (χ3v) is 3.69. The number of likely N-dealkylation sites (N-methyl/N-ethyl adjacent to an activating group) is 1. The van der Waals surface area contributed by atoms with Gasteiger partial charge in [0.2, 0.25) is 0 Å². The Morgan fingerprint density at radius 1 is 1.45 bits per heavy atom. The van der Waals surface area contributed by atoms with Gasteiger partial charge in [-0.2, -0.15) is 0 Å². The molecule has 20 heavy (non-hydrogen) atoms. The van der Waals surface area contributed by atoms with Crippen LogP contribution in [0.5, 0.6) is 0 Å².